The lowest BCUT2D eigenvalue weighted by Crippen LogP contribution is -2.27. The summed E-state index contributed by atoms with van der Waals surface area (Å²) in [6, 6.07) is 16.6. The van der Waals surface area contributed by atoms with Crippen LogP contribution in [0.1, 0.15) is 12.0 Å². The summed E-state index contributed by atoms with van der Waals surface area (Å²) < 4.78 is 5.57. The summed E-state index contributed by atoms with van der Waals surface area (Å²) in [6.45, 7) is 2.41. The molecule has 120 valence electrons. The summed E-state index contributed by atoms with van der Waals surface area (Å²) in [5.74, 6) is 0.664. The van der Waals surface area contributed by atoms with Crippen LogP contribution in [-0.2, 0) is 11.3 Å². The maximum atomic E-state index is 11.3. The molecule has 1 fully saturated rings. The van der Waals surface area contributed by atoms with Crippen molar-refractivity contribution in [2.75, 3.05) is 20.2 Å². The quantitative estimate of drug-likeness (QED) is 0.924. The number of rotatable bonds is 5. The lowest BCUT2D eigenvalue weighted by Gasteiger charge is -2.18. The van der Waals surface area contributed by atoms with Gasteiger partial charge in [-0.25, -0.2) is 0 Å². The van der Waals surface area contributed by atoms with Crippen molar-refractivity contribution in [2.45, 2.75) is 13.0 Å². The first-order valence-electron chi connectivity index (χ1n) is 7.91. The standard InChI is InChI=1S/C19H22N2O2/c1-23-18-11-15(14-5-3-2-4-6-14)7-8-16(18)12-21-10-9-17(13-21)19(20)22/h2-8,11,17H,9-10,12-13H2,1H3,(H2,20,22). The van der Waals surface area contributed by atoms with Crippen LogP contribution in [0.2, 0.25) is 0 Å². The third kappa shape index (κ3) is 3.54. The van der Waals surface area contributed by atoms with Crippen molar-refractivity contribution in [1.29, 1.82) is 0 Å². The Morgan fingerprint density at radius 1 is 1.22 bits per heavy atom. The second kappa shape index (κ2) is 6.84. The Balaban J connectivity index is 1.77. The number of nitrogens with two attached hydrogens (primary N) is 1. The smallest absolute Gasteiger partial charge is 0.221 e. The number of hydrogen-bond donors (Lipinski definition) is 1. The number of nitrogens with zero attached hydrogens (tertiary/aromatic N) is 1. The Kier molecular flexibility index (Phi) is 4.63. The van der Waals surface area contributed by atoms with Crippen molar-refractivity contribution < 1.29 is 9.53 Å². The number of ether oxygens (including phenoxy) is 1. The summed E-state index contributed by atoms with van der Waals surface area (Å²) in [5.41, 5.74) is 8.85. The minimum atomic E-state index is -0.195. The summed E-state index contributed by atoms with van der Waals surface area (Å²) in [6.07, 6.45) is 0.847. The lowest BCUT2D eigenvalue weighted by atomic mass is 10.0. The fraction of sp³-hybridized carbons (Fsp3) is 0.316. The molecule has 4 heteroatoms. The predicted octanol–water partition coefficient (Wildman–Crippen LogP) is 2.67. The van der Waals surface area contributed by atoms with E-state index in [2.05, 4.69) is 35.2 Å². The van der Waals surface area contributed by atoms with E-state index in [0.29, 0.717) is 0 Å². The number of primary amides is 1. The highest BCUT2D eigenvalue weighted by Crippen LogP contribution is 2.29. The molecule has 3 rings (SSSR count). The average Bonchev–Trinajstić information content (AvgIpc) is 3.05. The summed E-state index contributed by atoms with van der Waals surface area (Å²) in [5, 5.41) is 0. The van der Waals surface area contributed by atoms with E-state index in [9.17, 15) is 4.79 Å². The molecule has 0 aromatic heterocycles. The highest BCUT2D eigenvalue weighted by molar-refractivity contribution is 5.77. The Bertz CT molecular complexity index is 685. The zero-order valence-electron chi connectivity index (χ0n) is 13.4. The van der Waals surface area contributed by atoms with Crippen LogP contribution in [0.25, 0.3) is 11.1 Å². The summed E-state index contributed by atoms with van der Waals surface area (Å²) in [7, 11) is 1.70. The van der Waals surface area contributed by atoms with Gasteiger partial charge < -0.3 is 10.5 Å². The Labute approximate surface area is 136 Å². The van der Waals surface area contributed by atoms with Crippen molar-refractivity contribution in [3.05, 3.63) is 54.1 Å². The zero-order valence-corrected chi connectivity index (χ0v) is 13.4. The normalized spacial score (nSPS) is 18.0. The van der Waals surface area contributed by atoms with Crippen molar-refractivity contribution >= 4 is 5.91 Å². The first-order valence-corrected chi connectivity index (χ1v) is 7.91. The van der Waals surface area contributed by atoms with Gasteiger partial charge in [0.1, 0.15) is 5.75 Å². The molecule has 0 aliphatic carbocycles. The van der Waals surface area contributed by atoms with Crippen LogP contribution < -0.4 is 10.5 Å². The van der Waals surface area contributed by atoms with Gasteiger partial charge in [-0.3, -0.25) is 9.69 Å². The fourth-order valence-electron chi connectivity index (χ4n) is 3.13. The highest BCUT2D eigenvalue weighted by Gasteiger charge is 2.26. The maximum Gasteiger partial charge on any atom is 0.221 e. The molecule has 1 amide bonds. The van der Waals surface area contributed by atoms with Crippen molar-refractivity contribution in [3.8, 4) is 16.9 Å². The molecule has 23 heavy (non-hydrogen) atoms. The van der Waals surface area contributed by atoms with Gasteiger partial charge in [-0.1, -0.05) is 42.5 Å². The Hall–Kier alpha value is -2.33. The van der Waals surface area contributed by atoms with Crippen LogP contribution >= 0.6 is 0 Å². The van der Waals surface area contributed by atoms with E-state index in [4.69, 9.17) is 10.5 Å². The van der Waals surface area contributed by atoms with Crippen LogP contribution in [0, 0.1) is 5.92 Å². The zero-order chi connectivity index (χ0) is 16.2. The molecule has 2 N–H and O–H groups in total. The molecule has 1 heterocycles. The highest BCUT2D eigenvalue weighted by atomic mass is 16.5. The molecule has 1 saturated heterocycles. The van der Waals surface area contributed by atoms with Gasteiger partial charge >= 0.3 is 0 Å². The van der Waals surface area contributed by atoms with Gasteiger partial charge in [0, 0.05) is 18.7 Å². The van der Waals surface area contributed by atoms with Crippen molar-refractivity contribution in [3.63, 3.8) is 0 Å². The van der Waals surface area contributed by atoms with E-state index in [1.54, 1.807) is 7.11 Å². The Morgan fingerprint density at radius 3 is 2.65 bits per heavy atom. The molecule has 1 aliphatic heterocycles. The number of benzene rings is 2. The van der Waals surface area contributed by atoms with Crippen LogP contribution in [0.5, 0.6) is 5.75 Å². The van der Waals surface area contributed by atoms with E-state index in [-0.39, 0.29) is 11.8 Å². The minimum absolute atomic E-state index is 0.0235. The van der Waals surface area contributed by atoms with E-state index in [1.165, 1.54) is 5.56 Å². The van der Waals surface area contributed by atoms with Crippen LogP contribution in [0.3, 0.4) is 0 Å². The third-order valence-corrected chi connectivity index (χ3v) is 4.46. The van der Waals surface area contributed by atoms with Gasteiger partial charge in [-0.15, -0.1) is 0 Å². The van der Waals surface area contributed by atoms with E-state index >= 15 is 0 Å². The van der Waals surface area contributed by atoms with Crippen LogP contribution in [-0.4, -0.2) is 31.0 Å². The van der Waals surface area contributed by atoms with Crippen molar-refractivity contribution in [2.24, 2.45) is 11.7 Å². The number of amides is 1. The molecule has 1 unspecified atom stereocenters. The molecule has 0 bridgehead atoms. The molecule has 0 saturated carbocycles. The van der Waals surface area contributed by atoms with Gasteiger partial charge in [-0.05, 0) is 30.2 Å². The molecule has 0 radical (unpaired) electrons. The second-order valence-corrected chi connectivity index (χ2v) is 6.02. The molecule has 4 nitrogen and oxygen atoms in total. The van der Waals surface area contributed by atoms with Crippen LogP contribution in [0.4, 0.5) is 0 Å². The fourth-order valence-corrected chi connectivity index (χ4v) is 3.13. The van der Waals surface area contributed by atoms with Gasteiger partial charge in [0.25, 0.3) is 0 Å². The number of likely N-dealkylation sites (tertiary alicyclic amines) is 1. The number of methoxy groups -OCH3 is 1. The molecule has 1 aliphatic rings. The topological polar surface area (TPSA) is 55.6 Å². The Morgan fingerprint density at radius 2 is 2.00 bits per heavy atom. The lowest BCUT2D eigenvalue weighted by molar-refractivity contribution is -0.121. The molecule has 1 atom stereocenters. The van der Waals surface area contributed by atoms with E-state index < -0.39 is 0 Å². The summed E-state index contributed by atoms with van der Waals surface area (Å²) in [4.78, 5) is 13.6. The minimum Gasteiger partial charge on any atom is -0.496 e. The predicted molar refractivity (Wildman–Crippen MR) is 91.0 cm³/mol. The molecule has 2 aromatic rings. The molecular weight excluding hydrogens is 288 g/mol. The monoisotopic (exact) mass is 310 g/mol. The van der Waals surface area contributed by atoms with E-state index in [0.717, 1.165) is 42.9 Å². The van der Waals surface area contributed by atoms with E-state index in [1.807, 2.05) is 18.2 Å². The number of hydrogen-bond acceptors (Lipinski definition) is 3. The molecule has 0 spiro atoms. The third-order valence-electron chi connectivity index (χ3n) is 4.46. The first kappa shape index (κ1) is 15.6. The van der Waals surface area contributed by atoms with Gasteiger partial charge in [-0.2, -0.15) is 0 Å². The van der Waals surface area contributed by atoms with Gasteiger partial charge in [0.2, 0.25) is 5.91 Å². The summed E-state index contributed by atoms with van der Waals surface area (Å²) >= 11 is 0. The van der Waals surface area contributed by atoms with Crippen molar-refractivity contribution in [1.82, 2.24) is 4.90 Å². The SMILES string of the molecule is COc1cc(-c2ccccc2)ccc1CN1CCC(C(N)=O)C1. The second-order valence-electron chi connectivity index (χ2n) is 6.02. The molecular formula is C19H22N2O2. The van der Waals surface area contributed by atoms with Gasteiger partial charge in [0.05, 0.1) is 13.0 Å². The molecule has 2 aromatic carbocycles. The van der Waals surface area contributed by atoms with Crippen LogP contribution in [0.15, 0.2) is 48.5 Å². The average molecular weight is 310 g/mol. The number of carbonyl (C=O) groups excluding carboxylic acids is 1. The number of carbonyl (C=O) groups is 1. The van der Waals surface area contributed by atoms with Gasteiger partial charge in [0.15, 0.2) is 0 Å². The largest absolute Gasteiger partial charge is 0.496 e. The first-order chi connectivity index (χ1) is 11.2. The maximum absolute atomic E-state index is 11.3.